The van der Waals surface area contributed by atoms with Crippen LogP contribution in [0, 0.1) is 0 Å². The lowest BCUT2D eigenvalue weighted by atomic mass is 10.2. The average molecular weight is 121 g/mol. The van der Waals surface area contributed by atoms with Gasteiger partial charge in [-0.3, -0.25) is 4.79 Å². The van der Waals surface area contributed by atoms with Crippen molar-refractivity contribution < 1.29 is 4.79 Å². The summed E-state index contributed by atoms with van der Waals surface area (Å²) in [6, 6.07) is 0. The van der Waals surface area contributed by atoms with Gasteiger partial charge in [-0.05, 0) is 6.92 Å². The highest BCUT2D eigenvalue weighted by Crippen LogP contribution is 2.10. The van der Waals surface area contributed by atoms with E-state index in [1.54, 1.807) is 13.0 Å². The van der Waals surface area contributed by atoms with E-state index in [2.05, 4.69) is 11.6 Å². The zero-order valence-corrected chi connectivity index (χ0v) is 5.22. The Kier molecular flexibility index (Phi) is 1.30. The predicted molar refractivity (Wildman–Crippen MR) is 36.4 cm³/mol. The summed E-state index contributed by atoms with van der Waals surface area (Å²) in [6.45, 7) is 5.27. The molecule has 0 N–H and O–H groups in total. The quantitative estimate of drug-likeness (QED) is 0.510. The molecule has 0 bridgehead atoms. The second-order valence-electron chi connectivity index (χ2n) is 1.85. The van der Waals surface area contributed by atoms with Crippen LogP contribution in [0.1, 0.15) is 6.92 Å². The molecule has 0 aromatic rings. The van der Waals surface area contributed by atoms with Crippen LogP contribution in [0.15, 0.2) is 28.8 Å². The van der Waals surface area contributed by atoms with E-state index in [-0.39, 0.29) is 5.91 Å². The highest BCUT2D eigenvalue weighted by Gasteiger charge is 2.10. The molecular formula is C7H7NO. The van der Waals surface area contributed by atoms with Gasteiger partial charge in [-0.1, -0.05) is 12.7 Å². The van der Waals surface area contributed by atoms with Crippen LogP contribution in [0.25, 0.3) is 0 Å². The molecule has 0 saturated heterocycles. The maximum atomic E-state index is 10.6. The van der Waals surface area contributed by atoms with Crippen LogP contribution < -0.4 is 0 Å². The highest BCUT2D eigenvalue weighted by atomic mass is 16.1. The summed E-state index contributed by atoms with van der Waals surface area (Å²) in [5, 5.41) is 0. The molecule has 1 amide bonds. The van der Waals surface area contributed by atoms with Gasteiger partial charge in [-0.15, -0.1) is 0 Å². The lowest BCUT2D eigenvalue weighted by Gasteiger charge is -1.86. The number of amides is 1. The van der Waals surface area contributed by atoms with Gasteiger partial charge in [0.1, 0.15) is 0 Å². The number of allylic oxidation sites excluding steroid dienone is 2. The third-order valence-electron chi connectivity index (χ3n) is 1.29. The van der Waals surface area contributed by atoms with E-state index in [1.807, 2.05) is 0 Å². The fourth-order valence-electron chi connectivity index (χ4n) is 0.651. The third kappa shape index (κ3) is 0.830. The minimum absolute atomic E-state index is 0.148. The van der Waals surface area contributed by atoms with E-state index in [0.717, 1.165) is 5.57 Å². The van der Waals surface area contributed by atoms with Gasteiger partial charge < -0.3 is 0 Å². The predicted octanol–water partition coefficient (Wildman–Crippen LogP) is 1.10. The van der Waals surface area contributed by atoms with E-state index in [1.165, 1.54) is 6.21 Å². The third-order valence-corrected chi connectivity index (χ3v) is 1.29. The molecule has 0 aromatic carbocycles. The van der Waals surface area contributed by atoms with Crippen LogP contribution in [0.4, 0.5) is 0 Å². The SMILES string of the molecule is C=CC1=C(C)C(=O)N=C1. The van der Waals surface area contributed by atoms with Crippen LogP contribution in [-0.2, 0) is 4.79 Å². The zero-order chi connectivity index (χ0) is 6.85. The second kappa shape index (κ2) is 1.97. The maximum Gasteiger partial charge on any atom is 0.273 e. The van der Waals surface area contributed by atoms with Crippen molar-refractivity contribution in [1.82, 2.24) is 0 Å². The van der Waals surface area contributed by atoms with Gasteiger partial charge in [0.05, 0.1) is 0 Å². The molecule has 1 aliphatic heterocycles. The van der Waals surface area contributed by atoms with Crippen molar-refractivity contribution in [3.8, 4) is 0 Å². The molecule has 0 aliphatic carbocycles. The van der Waals surface area contributed by atoms with Gasteiger partial charge >= 0.3 is 0 Å². The largest absolute Gasteiger partial charge is 0.273 e. The number of hydrogen-bond donors (Lipinski definition) is 0. The Morgan fingerprint density at radius 3 is 2.67 bits per heavy atom. The molecule has 0 atom stereocenters. The van der Waals surface area contributed by atoms with Crippen molar-refractivity contribution >= 4 is 12.1 Å². The molecular weight excluding hydrogens is 114 g/mol. The van der Waals surface area contributed by atoms with E-state index in [0.29, 0.717) is 5.57 Å². The van der Waals surface area contributed by atoms with Gasteiger partial charge in [0.15, 0.2) is 0 Å². The number of hydrogen-bond acceptors (Lipinski definition) is 1. The topological polar surface area (TPSA) is 29.4 Å². The van der Waals surface area contributed by atoms with Crippen molar-refractivity contribution in [3.63, 3.8) is 0 Å². The molecule has 1 aliphatic rings. The number of aliphatic imine (C=N–C) groups is 1. The molecule has 0 saturated carbocycles. The highest BCUT2D eigenvalue weighted by molar-refractivity contribution is 6.11. The Labute approximate surface area is 53.6 Å². The molecule has 1 heterocycles. The summed E-state index contributed by atoms with van der Waals surface area (Å²) < 4.78 is 0. The number of carbonyl (C=O) groups excluding carboxylic acids is 1. The van der Waals surface area contributed by atoms with Gasteiger partial charge in [0.2, 0.25) is 0 Å². The normalized spacial score (nSPS) is 17.2. The van der Waals surface area contributed by atoms with Crippen molar-refractivity contribution in [2.45, 2.75) is 6.92 Å². The van der Waals surface area contributed by atoms with Crippen molar-refractivity contribution in [1.29, 1.82) is 0 Å². The summed E-state index contributed by atoms with van der Waals surface area (Å²) in [5.41, 5.74) is 1.52. The summed E-state index contributed by atoms with van der Waals surface area (Å²) >= 11 is 0. The van der Waals surface area contributed by atoms with Crippen molar-refractivity contribution in [2.75, 3.05) is 0 Å². The van der Waals surface area contributed by atoms with E-state index >= 15 is 0 Å². The maximum absolute atomic E-state index is 10.6. The van der Waals surface area contributed by atoms with Crippen LogP contribution in [0.5, 0.6) is 0 Å². The molecule has 2 heteroatoms. The minimum atomic E-state index is -0.148. The zero-order valence-electron chi connectivity index (χ0n) is 5.22. The first-order valence-corrected chi connectivity index (χ1v) is 2.67. The first-order valence-electron chi connectivity index (χ1n) is 2.67. The average Bonchev–Trinajstić information content (AvgIpc) is 2.15. The monoisotopic (exact) mass is 121 g/mol. The first kappa shape index (κ1) is 5.95. The molecule has 0 unspecified atom stereocenters. The number of nitrogens with zero attached hydrogens (tertiary/aromatic N) is 1. The summed E-state index contributed by atoms with van der Waals surface area (Å²) in [5.74, 6) is -0.148. The fraction of sp³-hybridized carbons (Fsp3) is 0.143. The number of carbonyl (C=O) groups is 1. The molecule has 0 radical (unpaired) electrons. The van der Waals surface area contributed by atoms with Crippen LogP contribution >= 0.6 is 0 Å². The lowest BCUT2D eigenvalue weighted by Crippen LogP contribution is -1.88. The summed E-state index contributed by atoms with van der Waals surface area (Å²) in [4.78, 5) is 14.2. The van der Waals surface area contributed by atoms with Crippen molar-refractivity contribution in [3.05, 3.63) is 23.8 Å². The molecule has 46 valence electrons. The Balaban J connectivity index is 3.05. The lowest BCUT2D eigenvalue weighted by molar-refractivity contribution is -0.114. The molecule has 9 heavy (non-hydrogen) atoms. The van der Waals surface area contributed by atoms with Crippen molar-refractivity contribution in [2.24, 2.45) is 4.99 Å². The van der Waals surface area contributed by atoms with E-state index < -0.39 is 0 Å². The fourth-order valence-corrected chi connectivity index (χ4v) is 0.651. The Hall–Kier alpha value is -1.18. The van der Waals surface area contributed by atoms with Crippen LogP contribution in [0.2, 0.25) is 0 Å². The van der Waals surface area contributed by atoms with E-state index in [9.17, 15) is 4.79 Å². The first-order chi connectivity index (χ1) is 4.25. The van der Waals surface area contributed by atoms with E-state index in [4.69, 9.17) is 0 Å². The standard InChI is InChI=1S/C7H7NO/c1-3-6-4-8-7(9)5(6)2/h3-4H,1H2,2H3. The van der Waals surface area contributed by atoms with Gasteiger partial charge in [0.25, 0.3) is 5.91 Å². The molecule has 2 nitrogen and oxygen atoms in total. The smallest absolute Gasteiger partial charge is 0.267 e. The Morgan fingerprint density at radius 1 is 1.78 bits per heavy atom. The van der Waals surface area contributed by atoms with Gasteiger partial charge in [-0.25, -0.2) is 4.99 Å². The van der Waals surface area contributed by atoms with Crippen LogP contribution in [0.3, 0.4) is 0 Å². The molecule has 0 fully saturated rings. The molecule has 0 spiro atoms. The van der Waals surface area contributed by atoms with Gasteiger partial charge in [-0.2, -0.15) is 0 Å². The summed E-state index contributed by atoms with van der Waals surface area (Å²) in [7, 11) is 0. The Bertz CT molecular complexity index is 223. The summed E-state index contributed by atoms with van der Waals surface area (Å²) in [6.07, 6.45) is 3.16. The Morgan fingerprint density at radius 2 is 2.44 bits per heavy atom. The molecule has 0 aromatic heterocycles. The minimum Gasteiger partial charge on any atom is -0.267 e. The van der Waals surface area contributed by atoms with Gasteiger partial charge in [0, 0.05) is 17.4 Å². The number of rotatable bonds is 1. The van der Waals surface area contributed by atoms with Crippen LogP contribution in [-0.4, -0.2) is 12.1 Å². The molecule has 1 rings (SSSR count). The second-order valence-corrected chi connectivity index (χ2v) is 1.85.